The maximum absolute atomic E-state index is 10.3. The number of fused-ring (bicyclic) bond motifs is 16. The Morgan fingerprint density at radius 2 is 0.796 bits per heavy atom. The van der Waals surface area contributed by atoms with Crippen LogP contribution in [0.4, 0.5) is 0 Å². The van der Waals surface area contributed by atoms with Gasteiger partial charge in [0, 0.05) is 24.0 Å². The normalized spacial score (nSPS) is 37.6. The Balaban J connectivity index is 0.955. The number of benzene rings is 4. The molecule has 54 heavy (non-hydrogen) atoms. The summed E-state index contributed by atoms with van der Waals surface area (Å²) in [6.45, 7) is 0.787. The van der Waals surface area contributed by atoms with Crippen LogP contribution in [0.3, 0.4) is 0 Å². The zero-order valence-corrected chi connectivity index (χ0v) is 32.0. The van der Waals surface area contributed by atoms with Crippen molar-refractivity contribution in [3.8, 4) is 22.3 Å². The van der Waals surface area contributed by atoms with E-state index in [0.29, 0.717) is 25.0 Å². The van der Waals surface area contributed by atoms with Crippen LogP contribution in [0.25, 0.3) is 22.3 Å². The van der Waals surface area contributed by atoms with Crippen LogP contribution in [-0.4, -0.2) is 23.4 Å². The maximum atomic E-state index is 10.3. The topological polar surface area (TPSA) is 40.5 Å². The molecule has 12 unspecified atom stereocenters. The van der Waals surface area contributed by atoms with Gasteiger partial charge in [0.2, 0.25) is 0 Å². The van der Waals surface area contributed by atoms with E-state index < -0.39 is 0 Å². The molecule has 0 aromatic heterocycles. The summed E-state index contributed by atoms with van der Waals surface area (Å²) in [4.78, 5) is 0. The Morgan fingerprint density at radius 3 is 1.30 bits per heavy atom. The van der Waals surface area contributed by atoms with Crippen LogP contribution in [0, 0.1) is 71.0 Å². The van der Waals surface area contributed by atoms with Crippen molar-refractivity contribution in [1.29, 1.82) is 0 Å². The van der Waals surface area contributed by atoms with Crippen LogP contribution in [0.5, 0.6) is 0 Å². The zero-order chi connectivity index (χ0) is 35.8. The summed E-state index contributed by atoms with van der Waals surface area (Å²) < 4.78 is 0. The lowest BCUT2D eigenvalue weighted by molar-refractivity contribution is 0.120. The lowest BCUT2D eigenvalue weighted by atomic mass is 9.60. The van der Waals surface area contributed by atoms with Crippen molar-refractivity contribution in [2.24, 2.45) is 71.0 Å². The first-order chi connectivity index (χ1) is 26.6. The van der Waals surface area contributed by atoms with Crippen LogP contribution < -0.4 is 0 Å². The van der Waals surface area contributed by atoms with Crippen molar-refractivity contribution in [3.05, 3.63) is 119 Å². The van der Waals surface area contributed by atoms with Gasteiger partial charge in [0.05, 0.1) is 0 Å². The van der Waals surface area contributed by atoms with E-state index in [1.165, 1.54) is 99.3 Å². The number of aliphatic hydroxyl groups excluding tert-OH is 2. The molecule has 0 amide bonds. The lowest BCUT2D eigenvalue weighted by Gasteiger charge is -2.43. The van der Waals surface area contributed by atoms with E-state index in [1.807, 2.05) is 0 Å². The maximum Gasteiger partial charge on any atom is 0.0462 e. The Bertz CT molecular complexity index is 2000. The second-order valence-electron chi connectivity index (χ2n) is 20.3. The summed E-state index contributed by atoms with van der Waals surface area (Å²) in [7, 11) is 0. The summed E-state index contributed by atoms with van der Waals surface area (Å²) in [5.74, 6) is 9.31. The third kappa shape index (κ3) is 4.48. The van der Waals surface area contributed by atoms with Gasteiger partial charge in [0.15, 0.2) is 0 Å². The van der Waals surface area contributed by atoms with E-state index in [2.05, 4.69) is 97.1 Å². The molecule has 6 fully saturated rings. The van der Waals surface area contributed by atoms with Crippen LogP contribution in [0.1, 0.15) is 99.3 Å². The molecule has 2 heteroatoms. The number of hydrogen-bond donors (Lipinski definition) is 2. The molecule has 0 heterocycles. The average Bonchev–Trinajstić information content (AvgIpc) is 4.09. The van der Waals surface area contributed by atoms with Gasteiger partial charge in [-0.3, -0.25) is 0 Å². The third-order valence-corrected chi connectivity index (χ3v) is 18.5. The van der Waals surface area contributed by atoms with Crippen LogP contribution in [-0.2, 0) is 10.8 Å². The number of rotatable bonds is 9. The van der Waals surface area contributed by atoms with E-state index in [0.717, 1.165) is 59.2 Å². The lowest BCUT2D eigenvalue weighted by Crippen LogP contribution is -2.36. The number of aliphatic hydroxyl groups is 2. The summed E-state index contributed by atoms with van der Waals surface area (Å²) in [5, 5.41) is 20.5. The smallest absolute Gasteiger partial charge is 0.0462 e. The number of hydrogen-bond acceptors (Lipinski definition) is 2. The SMILES string of the molecule is OCC1CC2C3CC(CC4(CCC5(CC6CC7C8CC(CO)C(C8)C7C6)c6ccccc6-c6ccccc65)c5ccccc5-c5ccccc54)C(C3)C2C1. The standard InChI is InChI=1S/C52H58O2/c53-29-32-21-42-33-23-35(43(25-33)46(42)22-32)28-52(49-15-7-3-11-39(49)40-12-4-8-16-50(40)52)18-17-51(47-13-5-1-9-37(47)38-10-2-6-14-48(38)51)27-31-19-41-34-24-36(30-54)44(26-34)45(41)20-31/h1-16,31-36,41-46,53-54H,17-30H2. The predicted octanol–water partition coefficient (Wildman–Crippen LogP) is 11.1. The molecule has 2 nitrogen and oxygen atoms in total. The van der Waals surface area contributed by atoms with Gasteiger partial charge in [0.25, 0.3) is 0 Å². The molecular weight excluding hydrogens is 657 g/mol. The van der Waals surface area contributed by atoms with Gasteiger partial charge < -0.3 is 10.2 Å². The van der Waals surface area contributed by atoms with Crippen molar-refractivity contribution in [1.82, 2.24) is 0 Å². The fourth-order valence-electron chi connectivity index (χ4n) is 16.8. The largest absolute Gasteiger partial charge is 0.396 e. The predicted molar refractivity (Wildman–Crippen MR) is 217 cm³/mol. The average molecular weight is 715 g/mol. The van der Waals surface area contributed by atoms with Crippen LogP contribution in [0.15, 0.2) is 97.1 Å². The van der Waals surface area contributed by atoms with Crippen LogP contribution >= 0.6 is 0 Å². The molecule has 4 aromatic carbocycles. The summed E-state index contributed by atoms with van der Waals surface area (Å²) >= 11 is 0. The second kappa shape index (κ2) is 12.1. The van der Waals surface area contributed by atoms with E-state index in [-0.39, 0.29) is 10.8 Å². The van der Waals surface area contributed by atoms with Crippen LogP contribution in [0.2, 0.25) is 0 Å². The van der Waals surface area contributed by atoms with Crippen molar-refractivity contribution >= 4 is 0 Å². The molecule has 8 aliphatic carbocycles. The molecule has 0 radical (unpaired) electrons. The van der Waals surface area contributed by atoms with Crippen molar-refractivity contribution < 1.29 is 10.2 Å². The van der Waals surface area contributed by atoms with E-state index in [1.54, 1.807) is 22.3 Å². The highest BCUT2D eigenvalue weighted by molar-refractivity contribution is 5.82. The molecule has 0 aliphatic heterocycles. The summed E-state index contributed by atoms with van der Waals surface area (Å²) in [5.41, 5.74) is 12.3. The van der Waals surface area contributed by atoms with Gasteiger partial charge in [-0.05, 0) is 193 Å². The summed E-state index contributed by atoms with van der Waals surface area (Å²) in [6.07, 6.45) is 15.7. The van der Waals surface area contributed by atoms with Crippen molar-refractivity contribution in [3.63, 3.8) is 0 Å². The Hall–Kier alpha value is -3.20. The van der Waals surface area contributed by atoms with E-state index in [9.17, 15) is 10.2 Å². The molecule has 0 spiro atoms. The molecule has 2 N–H and O–H groups in total. The van der Waals surface area contributed by atoms with E-state index >= 15 is 0 Å². The van der Waals surface area contributed by atoms with E-state index in [4.69, 9.17) is 0 Å². The molecule has 8 aliphatic rings. The zero-order valence-electron chi connectivity index (χ0n) is 32.0. The van der Waals surface area contributed by atoms with Gasteiger partial charge in [-0.1, -0.05) is 97.1 Å². The van der Waals surface area contributed by atoms with Crippen molar-refractivity contribution in [2.45, 2.75) is 87.9 Å². The molecule has 4 aromatic rings. The fourth-order valence-corrected chi connectivity index (χ4v) is 16.8. The van der Waals surface area contributed by atoms with Gasteiger partial charge in [0.1, 0.15) is 0 Å². The van der Waals surface area contributed by atoms with Gasteiger partial charge in [-0.15, -0.1) is 0 Å². The highest BCUT2D eigenvalue weighted by atomic mass is 16.3. The molecule has 6 saturated carbocycles. The summed E-state index contributed by atoms with van der Waals surface area (Å²) in [6, 6.07) is 38.2. The monoisotopic (exact) mass is 714 g/mol. The highest BCUT2D eigenvalue weighted by Crippen LogP contribution is 2.68. The fraction of sp³-hybridized carbons (Fsp3) is 0.538. The van der Waals surface area contributed by atoms with Gasteiger partial charge in [-0.25, -0.2) is 0 Å². The minimum absolute atomic E-state index is 0.00493. The van der Waals surface area contributed by atoms with Gasteiger partial charge >= 0.3 is 0 Å². The Kier molecular flexibility index (Phi) is 7.42. The minimum Gasteiger partial charge on any atom is -0.396 e. The molecule has 278 valence electrons. The Morgan fingerprint density at radius 1 is 0.389 bits per heavy atom. The molecule has 0 saturated heterocycles. The molecule has 12 atom stereocenters. The first kappa shape index (κ1) is 33.0. The minimum atomic E-state index is 0.00493. The molecule has 12 rings (SSSR count). The third-order valence-electron chi connectivity index (χ3n) is 18.5. The molecule has 4 bridgehead atoms. The first-order valence-electron chi connectivity index (χ1n) is 22.2. The highest BCUT2D eigenvalue weighted by Gasteiger charge is 2.60. The van der Waals surface area contributed by atoms with Gasteiger partial charge in [-0.2, -0.15) is 0 Å². The van der Waals surface area contributed by atoms with Crippen molar-refractivity contribution in [2.75, 3.05) is 13.2 Å². The first-order valence-corrected chi connectivity index (χ1v) is 22.2. The molecular formula is C52H58O2. The Labute approximate surface area is 322 Å². The quantitative estimate of drug-likeness (QED) is 0.181. The second-order valence-corrected chi connectivity index (χ2v) is 20.3.